The fourth-order valence-electron chi connectivity index (χ4n) is 2.49. The minimum atomic E-state index is -0.609. The van der Waals surface area contributed by atoms with Gasteiger partial charge in [-0.1, -0.05) is 0 Å². The molecule has 3 heterocycles. The van der Waals surface area contributed by atoms with Crippen molar-refractivity contribution in [3.8, 4) is 0 Å². The summed E-state index contributed by atoms with van der Waals surface area (Å²) in [5.74, 6) is -0.420. The number of aliphatic hydroxyl groups is 1. The smallest absolute Gasteiger partial charge is 0.251 e. The van der Waals surface area contributed by atoms with Crippen molar-refractivity contribution < 1.29 is 14.6 Å². The van der Waals surface area contributed by atoms with E-state index in [1.807, 2.05) is 0 Å². The van der Waals surface area contributed by atoms with Crippen LogP contribution in [-0.4, -0.2) is 37.8 Å². The lowest BCUT2D eigenvalue weighted by molar-refractivity contribution is -0.00611. The zero-order valence-corrected chi connectivity index (χ0v) is 10.9. The van der Waals surface area contributed by atoms with Crippen molar-refractivity contribution in [2.24, 2.45) is 5.73 Å². The number of amides is 1. The van der Waals surface area contributed by atoms with Gasteiger partial charge in [-0.15, -0.1) is 0 Å². The van der Waals surface area contributed by atoms with E-state index in [1.165, 1.54) is 6.33 Å². The molecule has 106 valence electrons. The van der Waals surface area contributed by atoms with Crippen LogP contribution in [0.1, 0.15) is 29.9 Å². The Labute approximate surface area is 114 Å². The minimum Gasteiger partial charge on any atom is -0.390 e. The summed E-state index contributed by atoms with van der Waals surface area (Å²) in [7, 11) is 0. The number of hydrogen-bond acceptors (Lipinski definition) is 6. The monoisotopic (exact) mass is 277 g/mol. The van der Waals surface area contributed by atoms with Crippen LogP contribution in [0.4, 0.5) is 5.82 Å². The molecule has 0 aromatic carbocycles. The largest absolute Gasteiger partial charge is 0.390 e. The van der Waals surface area contributed by atoms with Gasteiger partial charge < -0.3 is 25.9 Å². The van der Waals surface area contributed by atoms with Crippen LogP contribution in [0, 0.1) is 0 Å². The second kappa shape index (κ2) is 4.43. The van der Waals surface area contributed by atoms with Crippen molar-refractivity contribution in [3.05, 3.63) is 18.1 Å². The Kier molecular flexibility index (Phi) is 2.84. The number of aromatic nitrogens is 3. The molecule has 1 amide bonds. The molecule has 0 bridgehead atoms. The van der Waals surface area contributed by atoms with Crippen LogP contribution in [0.25, 0.3) is 11.0 Å². The Morgan fingerprint density at radius 2 is 2.30 bits per heavy atom. The van der Waals surface area contributed by atoms with Gasteiger partial charge in [0, 0.05) is 12.6 Å². The standard InChI is InChI=1S/C12H15N5O3/c1-5-7(18)2-8(20-5)17-3-6(11(14)19)9-10(13)15-4-16-12(9)17/h3-5,7-8,18H,2H2,1H3,(H2,14,19)(H2,13,15,16)/t5-,7+,8-/m1/s1. The van der Waals surface area contributed by atoms with E-state index >= 15 is 0 Å². The average molecular weight is 277 g/mol. The molecule has 2 aromatic rings. The van der Waals surface area contributed by atoms with Gasteiger partial charge in [0.2, 0.25) is 0 Å². The molecule has 0 saturated carbocycles. The van der Waals surface area contributed by atoms with Crippen molar-refractivity contribution in [1.29, 1.82) is 0 Å². The minimum absolute atomic E-state index is 0.189. The molecule has 3 atom stereocenters. The third kappa shape index (κ3) is 1.81. The number of carbonyl (C=O) groups excluding carboxylic acids is 1. The van der Waals surface area contributed by atoms with E-state index in [1.54, 1.807) is 17.7 Å². The SMILES string of the molecule is C[C@H]1O[C@@H](n2cc(C(N)=O)c3c(N)ncnc32)C[C@@H]1O. The molecular weight excluding hydrogens is 262 g/mol. The Balaban J connectivity index is 2.17. The van der Waals surface area contributed by atoms with E-state index in [9.17, 15) is 9.90 Å². The molecule has 2 aromatic heterocycles. The summed E-state index contributed by atoms with van der Waals surface area (Å²) in [6.07, 6.45) is 2.01. The molecule has 0 aliphatic carbocycles. The number of nitrogens with two attached hydrogens (primary N) is 2. The fraction of sp³-hybridized carbons (Fsp3) is 0.417. The molecule has 0 spiro atoms. The van der Waals surface area contributed by atoms with Crippen molar-refractivity contribution in [2.75, 3.05) is 5.73 Å². The first kappa shape index (κ1) is 12.8. The molecule has 1 saturated heterocycles. The molecular formula is C12H15N5O3. The van der Waals surface area contributed by atoms with Gasteiger partial charge in [-0.3, -0.25) is 4.79 Å². The number of nitrogens with zero attached hydrogens (tertiary/aromatic N) is 3. The first-order valence-electron chi connectivity index (χ1n) is 6.23. The van der Waals surface area contributed by atoms with Crippen LogP contribution >= 0.6 is 0 Å². The molecule has 5 N–H and O–H groups in total. The highest BCUT2D eigenvalue weighted by Crippen LogP contribution is 2.33. The quantitative estimate of drug-likeness (QED) is 0.696. The number of aliphatic hydroxyl groups excluding tert-OH is 1. The summed E-state index contributed by atoms with van der Waals surface area (Å²) in [5, 5.41) is 10.2. The van der Waals surface area contributed by atoms with Crippen LogP contribution in [0.15, 0.2) is 12.5 Å². The molecule has 0 unspecified atom stereocenters. The van der Waals surface area contributed by atoms with E-state index in [2.05, 4.69) is 9.97 Å². The summed E-state index contributed by atoms with van der Waals surface area (Å²) < 4.78 is 7.33. The number of rotatable bonds is 2. The van der Waals surface area contributed by atoms with E-state index in [-0.39, 0.29) is 17.5 Å². The highest BCUT2D eigenvalue weighted by atomic mass is 16.5. The highest BCUT2D eigenvalue weighted by molar-refractivity contribution is 6.08. The van der Waals surface area contributed by atoms with Gasteiger partial charge in [0.15, 0.2) is 0 Å². The Bertz CT molecular complexity index is 673. The Hall–Kier alpha value is -2.19. The summed E-state index contributed by atoms with van der Waals surface area (Å²) in [5.41, 5.74) is 11.9. The summed E-state index contributed by atoms with van der Waals surface area (Å²) in [6, 6.07) is 0. The number of anilines is 1. The van der Waals surface area contributed by atoms with Gasteiger partial charge in [-0.05, 0) is 6.92 Å². The second-order valence-corrected chi connectivity index (χ2v) is 4.87. The van der Waals surface area contributed by atoms with Crippen LogP contribution < -0.4 is 11.5 Å². The van der Waals surface area contributed by atoms with Gasteiger partial charge in [-0.25, -0.2) is 9.97 Å². The molecule has 8 heteroatoms. The topological polar surface area (TPSA) is 129 Å². The van der Waals surface area contributed by atoms with Gasteiger partial charge in [0.05, 0.1) is 23.2 Å². The average Bonchev–Trinajstić information content (AvgIpc) is 2.92. The number of fused-ring (bicyclic) bond motifs is 1. The van der Waals surface area contributed by atoms with E-state index < -0.39 is 18.2 Å². The van der Waals surface area contributed by atoms with Gasteiger partial charge in [0.25, 0.3) is 5.91 Å². The number of primary amides is 1. The summed E-state index contributed by atoms with van der Waals surface area (Å²) >= 11 is 0. The second-order valence-electron chi connectivity index (χ2n) is 4.87. The predicted molar refractivity (Wildman–Crippen MR) is 70.7 cm³/mol. The Morgan fingerprint density at radius 3 is 2.90 bits per heavy atom. The fourth-order valence-corrected chi connectivity index (χ4v) is 2.49. The molecule has 8 nitrogen and oxygen atoms in total. The third-order valence-electron chi connectivity index (χ3n) is 3.57. The van der Waals surface area contributed by atoms with Gasteiger partial charge in [0.1, 0.15) is 24.0 Å². The van der Waals surface area contributed by atoms with Crippen molar-refractivity contribution in [3.63, 3.8) is 0 Å². The van der Waals surface area contributed by atoms with Crippen LogP contribution in [0.2, 0.25) is 0 Å². The van der Waals surface area contributed by atoms with Crippen LogP contribution in [0.5, 0.6) is 0 Å². The molecule has 3 rings (SSSR count). The predicted octanol–water partition coefficient (Wildman–Crippen LogP) is -0.219. The van der Waals surface area contributed by atoms with E-state index in [0.717, 1.165) is 0 Å². The van der Waals surface area contributed by atoms with E-state index in [0.29, 0.717) is 17.5 Å². The first-order chi connectivity index (χ1) is 9.49. The Morgan fingerprint density at radius 1 is 1.55 bits per heavy atom. The number of ether oxygens (including phenoxy) is 1. The summed E-state index contributed by atoms with van der Waals surface area (Å²) in [6.45, 7) is 1.79. The highest BCUT2D eigenvalue weighted by Gasteiger charge is 2.33. The summed E-state index contributed by atoms with van der Waals surface area (Å²) in [4.78, 5) is 19.5. The third-order valence-corrected chi connectivity index (χ3v) is 3.57. The van der Waals surface area contributed by atoms with Crippen LogP contribution in [-0.2, 0) is 4.74 Å². The molecule has 1 aliphatic heterocycles. The number of hydrogen-bond donors (Lipinski definition) is 3. The number of carbonyl (C=O) groups is 1. The molecule has 1 aliphatic rings. The molecule has 1 fully saturated rings. The molecule has 20 heavy (non-hydrogen) atoms. The molecule has 0 radical (unpaired) electrons. The van der Waals surface area contributed by atoms with Crippen molar-refractivity contribution in [1.82, 2.24) is 14.5 Å². The van der Waals surface area contributed by atoms with E-state index in [4.69, 9.17) is 16.2 Å². The zero-order chi connectivity index (χ0) is 14.4. The maximum atomic E-state index is 11.5. The van der Waals surface area contributed by atoms with Crippen molar-refractivity contribution in [2.45, 2.75) is 31.8 Å². The maximum Gasteiger partial charge on any atom is 0.251 e. The lowest BCUT2D eigenvalue weighted by Crippen LogP contribution is -2.15. The zero-order valence-electron chi connectivity index (χ0n) is 10.9. The lowest BCUT2D eigenvalue weighted by atomic mass is 10.2. The van der Waals surface area contributed by atoms with Gasteiger partial charge in [-0.2, -0.15) is 0 Å². The van der Waals surface area contributed by atoms with Gasteiger partial charge >= 0.3 is 0 Å². The first-order valence-corrected chi connectivity index (χ1v) is 6.23. The normalized spacial score (nSPS) is 26.2. The maximum absolute atomic E-state index is 11.5. The van der Waals surface area contributed by atoms with Crippen LogP contribution in [0.3, 0.4) is 0 Å². The number of nitrogen functional groups attached to an aromatic ring is 1. The lowest BCUT2D eigenvalue weighted by Gasteiger charge is -2.13. The van der Waals surface area contributed by atoms with Crippen molar-refractivity contribution >= 4 is 22.8 Å².